The molecular weight excluding hydrogens is 390 g/mol. The third-order valence-corrected chi connectivity index (χ3v) is 7.91. The number of halogens is 1. The van der Waals surface area contributed by atoms with E-state index in [0.29, 0.717) is 29.8 Å². The Morgan fingerprint density at radius 1 is 0.929 bits per heavy atom. The number of rotatable bonds is 4. The quantitative estimate of drug-likeness (QED) is 0.624. The predicted molar refractivity (Wildman–Crippen MR) is 115 cm³/mol. The summed E-state index contributed by atoms with van der Waals surface area (Å²) >= 11 is 6.19. The molecule has 1 saturated heterocycles. The number of nitrogens with zero attached hydrogens (tertiary/aromatic N) is 1. The van der Waals surface area contributed by atoms with Crippen molar-refractivity contribution in [2.45, 2.75) is 24.2 Å². The summed E-state index contributed by atoms with van der Waals surface area (Å²) in [7, 11) is -3.53. The topological polar surface area (TPSA) is 37.4 Å². The summed E-state index contributed by atoms with van der Waals surface area (Å²) in [5, 5.41) is 0.888. The molecule has 1 aliphatic carbocycles. The Morgan fingerprint density at radius 3 is 2.32 bits per heavy atom. The van der Waals surface area contributed by atoms with E-state index in [2.05, 4.69) is 18.2 Å². The minimum atomic E-state index is -3.53. The van der Waals surface area contributed by atoms with Gasteiger partial charge in [0, 0.05) is 30.1 Å². The van der Waals surface area contributed by atoms with Gasteiger partial charge < -0.3 is 0 Å². The van der Waals surface area contributed by atoms with Crippen molar-refractivity contribution in [3.63, 3.8) is 0 Å². The first-order chi connectivity index (χ1) is 13.6. The Kier molecular flexibility index (Phi) is 5.72. The van der Waals surface area contributed by atoms with Gasteiger partial charge in [0.15, 0.2) is 0 Å². The van der Waals surface area contributed by atoms with Crippen LogP contribution >= 0.6 is 11.6 Å². The Bertz CT molecular complexity index is 990. The zero-order valence-electron chi connectivity index (χ0n) is 15.7. The van der Waals surface area contributed by atoms with Crippen molar-refractivity contribution in [3.8, 4) is 11.1 Å². The Morgan fingerprint density at radius 2 is 1.61 bits per heavy atom. The molecule has 1 heterocycles. The lowest BCUT2D eigenvalue weighted by atomic mass is 9.83. The summed E-state index contributed by atoms with van der Waals surface area (Å²) in [4.78, 5) is 0.389. The monoisotopic (exact) mass is 413 g/mol. The second-order valence-electron chi connectivity index (χ2n) is 7.43. The van der Waals surface area contributed by atoms with Crippen LogP contribution in [0.25, 0.3) is 11.1 Å². The van der Waals surface area contributed by atoms with Gasteiger partial charge in [0.05, 0.1) is 4.90 Å². The highest BCUT2D eigenvalue weighted by Gasteiger charge is 2.33. The molecule has 5 heteroatoms. The van der Waals surface area contributed by atoms with E-state index in [4.69, 9.17) is 11.6 Å². The molecule has 28 heavy (non-hydrogen) atoms. The Labute approximate surface area is 172 Å². The molecule has 3 nitrogen and oxygen atoms in total. The Balaban J connectivity index is 1.55. The molecule has 4 rings (SSSR count). The zero-order chi connectivity index (χ0) is 19.6. The molecule has 2 aliphatic rings. The highest BCUT2D eigenvalue weighted by Crippen LogP contribution is 2.35. The lowest BCUT2D eigenvalue weighted by molar-refractivity contribution is 0.249. The van der Waals surface area contributed by atoms with Crippen LogP contribution in [-0.2, 0) is 10.0 Å². The van der Waals surface area contributed by atoms with Crippen LogP contribution in [0.4, 0.5) is 0 Å². The van der Waals surface area contributed by atoms with Gasteiger partial charge in [-0.05, 0) is 36.3 Å². The second kappa shape index (κ2) is 8.24. The smallest absolute Gasteiger partial charge is 0.207 e. The van der Waals surface area contributed by atoms with Gasteiger partial charge in [-0.15, -0.1) is 0 Å². The van der Waals surface area contributed by atoms with E-state index in [1.807, 2.05) is 42.5 Å². The van der Waals surface area contributed by atoms with Crippen LogP contribution in [0.5, 0.6) is 0 Å². The number of allylic oxidation sites excluding steroid dienone is 4. The van der Waals surface area contributed by atoms with Crippen LogP contribution in [-0.4, -0.2) is 25.8 Å². The van der Waals surface area contributed by atoms with Crippen molar-refractivity contribution < 1.29 is 8.42 Å². The van der Waals surface area contributed by atoms with Crippen molar-refractivity contribution >= 4 is 21.6 Å². The number of sulfonamides is 1. The lowest BCUT2D eigenvalue weighted by Crippen LogP contribution is -2.40. The molecule has 1 fully saturated rings. The standard InChI is InChI=1S/C23H24ClNO2S/c24-21-10-6-9-20(17-21)18-13-15-25(16-14-18)28(26,27)23-12-5-4-11-22(23)19-7-2-1-3-8-19/h1-9,11-12,17-18,20H,10,13-16H2. The first-order valence-electron chi connectivity index (χ1n) is 9.73. The maximum atomic E-state index is 13.4. The van der Waals surface area contributed by atoms with E-state index in [1.165, 1.54) is 0 Å². The normalized spacial score (nSPS) is 21.5. The summed E-state index contributed by atoms with van der Waals surface area (Å²) < 4.78 is 28.4. The minimum absolute atomic E-state index is 0.322. The summed E-state index contributed by atoms with van der Waals surface area (Å²) in [5.41, 5.74) is 1.68. The van der Waals surface area contributed by atoms with Crippen LogP contribution in [0, 0.1) is 11.8 Å². The molecule has 0 aromatic heterocycles. The lowest BCUT2D eigenvalue weighted by Gasteiger charge is -2.34. The third-order valence-electron chi connectivity index (χ3n) is 5.68. The van der Waals surface area contributed by atoms with Crippen molar-refractivity contribution in [1.29, 1.82) is 0 Å². The van der Waals surface area contributed by atoms with Crippen molar-refractivity contribution in [3.05, 3.63) is 77.9 Å². The van der Waals surface area contributed by atoms with E-state index in [1.54, 1.807) is 16.4 Å². The molecule has 0 bridgehead atoms. The van der Waals surface area contributed by atoms with Crippen molar-refractivity contribution in [2.75, 3.05) is 13.1 Å². The number of benzene rings is 2. The fraction of sp³-hybridized carbons (Fsp3) is 0.304. The van der Waals surface area contributed by atoms with E-state index in [0.717, 1.165) is 35.4 Å². The van der Waals surface area contributed by atoms with Gasteiger partial charge in [0.1, 0.15) is 0 Å². The Hall–Kier alpha value is -1.88. The van der Waals surface area contributed by atoms with E-state index in [9.17, 15) is 8.42 Å². The molecule has 0 amide bonds. The van der Waals surface area contributed by atoms with Crippen LogP contribution < -0.4 is 0 Å². The van der Waals surface area contributed by atoms with Crippen LogP contribution in [0.1, 0.15) is 19.3 Å². The van der Waals surface area contributed by atoms with Crippen LogP contribution in [0.15, 0.2) is 82.8 Å². The zero-order valence-corrected chi connectivity index (χ0v) is 17.2. The van der Waals surface area contributed by atoms with Crippen LogP contribution in [0.3, 0.4) is 0 Å². The largest absolute Gasteiger partial charge is 0.243 e. The molecule has 0 radical (unpaired) electrons. The second-order valence-corrected chi connectivity index (χ2v) is 9.82. The number of hydrogen-bond donors (Lipinski definition) is 0. The summed E-state index contributed by atoms with van der Waals surface area (Å²) in [5.74, 6) is 0.767. The van der Waals surface area contributed by atoms with Gasteiger partial charge in [0.25, 0.3) is 0 Å². The van der Waals surface area contributed by atoms with Crippen molar-refractivity contribution in [2.24, 2.45) is 11.8 Å². The molecular formula is C23H24ClNO2S. The minimum Gasteiger partial charge on any atom is -0.207 e. The predicted octanol–water partition coefficient (Wildman–Crippen LogP) is 5.45. The van der Waals surface area contributed by atoms with Crippen LogP contribution in [0.2, 0.25) is 0 Å². The fourth-order valence-corrected chi connectivity index (χ4v) is 6.07. The van der Waals surface area contributed by atoms with Gasteiger partial charge in [-0.1, -0.05) is 78.4 Å². The van der Waals surface area contributed by atoms with Gasteiger partial charge in [-0.3, -0.25) is 0 Å². The molecule has 146 valence electrons. The van der Waals surface area contributed by atoms with E-state index < -0.39 is 10.0 Å². The maximum Gasteiger partial charge on any atom is 0.243 e. The van der Waals surface area contributed by atoms with Gasteiger partial charge in [-0.2, -0.15) is 4.31 Å². The van der Waals surface area contributed by atoms with Gasteiger partial charge in [0.2, 0.25) is 10.0 Å². The summed E-state index contributed by atoms with van der Waals surface area (Å²) in [6.07, 6.45) is 8.96. The highest BCUT2D eigenvalue weighted by molar-refractivity contribution is 7.89. The van der Waals surface area contributed by atoms with E-state index >= 15 is 0 Å². The summed E-state index contributed by atoms with van der Waals surface area (Å²) in [6, 6.07) is 17.0. The summed E-state index contributed by atoms with van der Waals surface area (Å²) in [6.45, 7) is 1.10. The first-order valence-corrected chi connectivity index (χ1v) is 11.5. The molecule has 0 N–H and O–H groups in total. The van der Waals surface area contributed by atoms with Gasteiger partial charge in [-0.25, -0.2) is 8.42 Å². The van der Waals surface area contributed by atoms with Crippen molar-refractivity contribution in [1.82, 2.24) is 4.31 Å². The molecule has 1 atom stereocenters. The fourth-order valence-electron chi connectivity index (χ4n) is 4.15. The average molecular weight is 414 g/mol. The average Bonchev–Trinajstić information content (AvgIpc) is 2.74. The molecule has 0 spiro atoms. The number of hydrogen-bond acceptors (Lipinski definition) is 2. The molecule has 2 aromatic carbocycles. The molecule has 2 aromatic rings. The third kappa shape index (κ3) is 3.95. The number of piperidine rings is 1. The molecule has 0 saturated carbocycles. The van der Waals surface area contributed by atoms with E-state index in [-0.39, 0.29) is 0 Å². The first kappa shape index (κ1) is 19.4. The highest BCUT2D eigenvalue weighted by atomic mass is 35.5. The molecule has 1 aliphatic heterocycles. The van der Waals surface area contributed by atoms with Gasteiger partial charge >= 0.3 is 0 Å². The maximum absolute atomic E-state index is 13.4. The SMILES string of the molecule is O=S(=O)(c1ccccc1-c1ccccc1)N1CCC(C2C=CCC(Cl)=C2)CC1. The molecule has 1 unspecified atom stereocenters.